The van der Waals surface area contributed by atoms with Crippen molar-refractivity contribution in [2.24, 2.45) is 0 Å². The van der Waals surface area contributed by atoms with Crippen LogP contribution in [-0.2, 0) is 12.8 Å². The molecule has 50 heavy (non-hydrogen) atoms. The van der Waals surface area contributed by atoms with Crippen LogP contribution in [0.1, 0.15) is 105 Å². The molecule has 7 rings (SSSR count). The lowest BCUT2D eigenvalue weighted by atomic mass is 9.84. The summed E-state index contributed by atoms with van der Waals surface area (Å²) in [6.07, 6.45) is 13.3. The van der Waals surface area contributed by atoms with Gasteiger partial charge in [-0.2, -0.15) is 5.26 Å². The molecule has 4 aromatic carbocycles. The second-order valence-electron chi connectivity index (χ2n) is 14.0. The molecular weight excluding hydrogens is 615 g/mol. The predicted molar refractivity (Wildman–Crippen MR) is 204 cm³/mol. The fraction of sp³-hybridized carbons (Fsp3) is 0.311. The monoisotopic (exact) mass is 661 g/mol. The summed E-state index contributed by atoms with van der Waals surface area (Å²) in [6, 6.07) is 34.8. The largest absolute Gasteiger partial charge is 0.483 e. The van der Waals surface area contributed by atoms with Crippen molar-refractivity contribution >= 4 is 6.08 Å². The van der Waals surface area contributed by atoms with Crippen molar-refractivity contribution in [3.05, 3.63) is 153 Å². The Morgan fingerprint density at radius 2 is 1.64 bits per heavy atom. The molecule has 1 aliphatic carbocycles. The average molecular weight is 662 g/mol. The van der Waals surface area contributed by atoms with Crippen molar-refractivity contribution in [2.45, 2.75) is 90.6 Å². The van der Waals surface area contributed by atoms with E-state index in [-0.39, 0.29) is 11.2 Å². The molecule has 254 valence electrons. The van der Waals surface area contributed by atoms with Gasteiger partial charge < -0.3 is 4.74 Å². The van der Waals surface area contributed by atoms with Crippen molar-refractivity contribution in [2.75, 3.05) is 0 Å². The van der Waals surface area contributed by atoms with Gasteiger partial charge in [0, 0.05) is 17.5 Å². The maximum atomic E-state index is 14.0. The molecule has 5 nitrogen and oxygen atoms in total. The molecule has 0 amide bonds. The third-order valence-electron chi connectivity index (χ3n) is 9.78. The number of aryl methyl sites for hydroxylation is 2. The van der Waals surface area contributed by atoms with Gasteiger partial charge in [-0.3, -0.25) is 9.36 Å². The highest BCUT2D eigenvalue weighted by Gasteiger charge is 2.23. The molecule has 0 atom stereocenters. The minimum atomic E-state index is -0.357. The van der Waals surface area contributed by atoms with Crippen LogP contribution in [0.3, 0.4) is 0 Å². The van der Waals surface area contributed by atoms with E-state index in [1.807, 2.05) is 93.6 Å². The zero-order valence-electron chi connectivity index (χ0n) is 29.8. The summed E-state index contributed by atoms with van der Waals surface area (Å²) in [5.74, 6) is 2.34. The van der Waals surface area contributed by atoms with Crippen LogP contribution in [-0.4, -0.2) is 15.2 Å². The van der Waals surface area contributed by atoms with Gasteiger partial charge >= 0.3 is 0 Å². The lowest BCUT2D eigenvalue weighted by molar-refractivity contribution is 0.159. The molecule has 1 aromatic heterocycles. The summed E-state index contributed by atoms with van der Waals surface area (Å²) in [5, 5.41) is 9.47. The fourth-order valence-electron chi connectivity index (χ4n) is 7.15. The quantitative estimate of drug-likeness (QED) is 0.174. The predicted octanol–water partition coefficient (Wildman–Crippen LogP) is 10.5. The van der Waals surface area contributed by atoms with E-state index in [4.69, 9.17) is 9.72 Å². The Bertz CT molecular complexity index is 2060. The Hall–Kier alpha value is -5.21. The van der Waals surface area contributed by atoms with Crippen molar-refractivity contribution in [3.63, 3.8) is 0 Å². The van der Waals surface area contributed by atoms with Gasteiger partial charge in [0.05, 0.1) is 23.0 Å². The third kappa shape index (κ3) is 7.98. The number of nitriles is 1. The molecule has 2 heterocycles. The Kier molecular flexibility index (Phi) is 10.8. The summed E-state index contributed by atoms with van der Waals surface area (Å²) in [4.78, 5) is 18.9. The first-order valence-electron chi connectivity index (χ1n) is 18.0. The first kappa shape index (κ1) is 34.6. The van der Waals surface area contributed by atoms with Crippen molar-refractivity contribution in [1.82, 2.24) is 9.55 Å². The lowest BCUT2D eigenvalue weighted by Gasteiger charge is -2.28. The van der Waals surface area contributed by atoms with Gasteiger partial charge in [-0.1, -0.05) is 111 Å². The van der Waals surface area contributed by atoms with Gasteiger partial charge in [-0.25, -0.2) is 4.98 Å². The maximum Gasteiger partial charge on any atom is 0.261 e. The zero-order chi connectivity index (χ0) is 35.1. The van der Waals surface area contributed by atoms with Gasteiger partial charge in [0.15, 0.2) is 0 Å². The number of hydrogen-bond donors (Lipinski definition) is 0. The number of aromatic nitrogens is 2. The molecule has 5 heteroatoms. The molecule has 0 radical (unpaired) electrons. The first-order chi connectivity index (χ1) is 24.3. The third-order valence-corrected chi connectivity index (χ3v) is 9.78. The fourth-order valence-corrected chi connectivity index (χ4v) is 7.15. The van der Waals surface area contributed by atoms with E-state index in [0.29, 0.717) is 23.4 Å². The minimum absolute atomic E-state index is 0.0409. The van der Waals surface area contributed by atoms with E-state index in [0.717, 1.165) is 58.1 Å². The Morgan fingerprint density at radius 1 is 0.920 bits per heavy atom. The van der Waals surface area contributed by atoms with Crippen LogP contribution in [0, 0.1) is 18.3 Å². The van der Waals surface area contributed by atoms with Crippen molar-refractivity contribution in [3.8, 4) is 28.6 Å². The molecule has 1 saturated carbocycles. The lowest BCUT2D eigenvalue weighted by Crippen LogP contribution is -2.29. The number of rotatable bonds is 7. The smallest absolute Gasteiger partial charge is 0.261 e. The Labute approximate surface area is 296 Å². The highest BCUT2D eigenvalue weighted by atomic mass is 16.5. The van der Waals surface area contributed by atoms with E-state index >= 15 is 0 Å². The summed E-state index contributed by atoms with van der Waals surface area (Å²) in [6.45, 7) is 8.03. The van der Waals surface area contributed by atoms with Crippen LogP contribution >= 0.6 is 0 Å². The minimum Gasteiger partial charge on any atom is -0.483 e. The zero-order valence-corrected chi connectivity index (χ0v) is 29.8. The van der Waals surface area contributed by atoms with Gasteiger partial charge in [0.25, 0.3) is 5.56 Å². The Balaban J connectivity index is 0.000000302. The van der Waals surface area contributed by atoms with Gasteiger partial charge in [-0.05, 0) is 98.5 Å². The molecule has 0 bridgehead atoms. The second kappa shape index (κ2) is 15.6. The van der Waals surface area contributed by atoms with E-state index in [2.05, 4.69) is 49.4 Å². The van der Waals surface area contributed by atoms with Crippen LogP contribution in [0.2, 0.25) is 0 Å². The average Bonchev–Trinajstić information content (AvgIpc) is 3.14. The standard InChI is InChI=1S/C33H31N3O2.C12H16/c1-5-8-30-29(19-23-11-13-24(14-12-23)28-10-7-6-9-26(28)21-34)32(37)36(22(2)35-30)27-15-16-31-25(20-27)17-18-33(3,4)38-31;1-3-7-11(8-4-1)12-9-5-2-6-10-12/h6-7,9-18,20H,5,8,19H2,1-4H3;1,3-4,7-8,12H,2,5-6,9-10H2. The highest BCUT2D eigenvalue weighted by Crippen LogP contribution is 2.33. The Morgan fingerprint density at radius 3 is 2.36 bits per heavy atom. The number of hydrogen-bond acceptors (Lipinski definition) is 4. The van der Waals surface area contributed by atoms with Crippen LogP contribution in [0.15, 0.2) is 108 Å². The van der Waals surface area contributed by atoms with E-state index in [1.54, 1.807) is 10.1 Å². The molecule has 0 unspecified atom stereocenters. The first-order valence-corrected chi connectivity index (χ1v) is 18.0. The van der Waals surface area contributed by atoms with Crippen LogP contribution < -0.4 is 10.3 Å². The molecule has 5 aromatic rings. The molecule has 0 N–H and O–H groups in total. The normalized spacial score (nSPS) is 14.9. The number of fused-ring (bicyclic) bond motifs is 1. The SMILES string of the molecule is CCCc1nc(C)n(-c2ccc3c(c2)C=CC(C)(C)O3)c(=O)c1Cc1ccc(-c2ccccc2C#N)cc1.c1ccc(C2CCCCC2)cc1. The molecular formula is C45H47N3O2. The van der Waals surface area contributed by atoms with E-state index in [1.165, 1.54) is 32.1 Å². The molecule has 0 spiro atoms. The van der Waals surface area contributed by atoms with Crippen LogP contribution in [0.4, 0.5) is 0 Å². The molecule has 2 aliphatic rings. The van der Waals surface area contributed by atoms with Crippen LogP contribution in [0.25, 0.3) is 22.9 Å². The number of benzene rings is 4. The highest BCUT2D eigenvalue weighted by molar-refractivity contribution is 5.70. The summed E-state index contributed by atoms with van der Waals surface area (Å²) < 4.78 is 7.78. The summed E-state index contributed by atoms with van der Waals surface area (Å²) >= 11 is 0. The number of ether oxygens (including phenoxy) is 1. The van der Waals surface area contributed by atoms with Gasteiger partial charge in [0.1, 0.15) is 17.2 Å². The molecule has 1 aliphatic heterocycles. The van der Waals surface area contributed by atoms with Crippen LogP contribution in [0.5, 0.6) is 5.75 Å². The van der Waals surface area contributed by atoms with Crippen molar-refractivity contribution < 1.29 is 4.74 Å². The van der Waals surface area contributed by atoms with Gasteiger partial charge in [0.2, 0.25) is 0 Å². The summed E-state index contributed by atoms with van der Waals surface area (Å²) in [7, 11) is 0. The topological polar surface area (TPSA) is 67.9 Å². The summed E-state index contributed by atoms with van der Waals surface area (Å²) in [5.41, 5.74) is 8.00. The van der Waals surface area contributed by atoms with Crippen molar-refractivity contribution in [1.29, 1.82) is 5.26 Å². The van der Waals surface area contributed by atoms with Gasteiger partial charge in [-0.15, -0.1) is 0 Å². The van der Waals surface area contributed by atoms with E-state index in [9.17, 15) is 10.1 Å². The van der Waals surface area contributed by atoms with E-state index < -0.39 is 0 Å². The maximum absolute atomic E-state index is 14.0. The molecule has 0 saturated heterocycles. The molecule has 1 fully saturated rings. The number of nitrogens with zero attached hydrogens (tertiary/aromatic N) is 3. The second-order valence-corrected chi connectivity index (χ2v) is 14.0.